The Morgan fingerprint density at radius 1 is 1.32 bits per heavy atom. The second-order valence-corrected chi connectivity index (χ2v) is 6.39. The number of nitrogens with one attached hydrogen (secondary N) is 1. The molecule has 3 rings (SSSR count). The third kappa shape index (κ3) is 3.58. The van der Waals surface area contributed by atoms with E-state index in [0.717, 1.165) is 51.3 Å². The summed E-state index contributed by atoms with van der Waals surface area (Å²) < 4.78 is 0. The van der Waals surface area contributed by atoms with E-state index in [4.69, 9.17) is 0 Å². The highest BCUT2D eigenvalue weighted by Crippen LogP contribution is 2.27. The Morgan fingerprint density at radius 3 is 2.91 bits per heavy atom. The predicted octanol–water partition coefficient (Wildman–Crippen LogP) is 1.93. The number of amides is 1. The summed E-state index contributed by atoms with van der Waals surface area (Å²) in [6.45, 7) is 4.51. The molecule has 0 radical (unpaired) electrons. The van der Waals surface area contributed by atoms with Gasteiger partial charge in [-0.1, -0.05) is 0 Å². The quantitative estimate of drug-likeness (QED) is 0.923. The van der Waals surface area contributed by atoms with Crippen LogP contribution in [0.3, 0.4) is 0 Å². The van der Waals surface area contributed by atoms with Crippen molar-refractivity contribution in [3.63, 3.8) is 0 Å². The van der Waals surface area contributed by atoms with E-state index in [9.17, 15) is 4.79 Å². The molecule has 1 amide bonds. The van der Waals surface area contributed by atoms with Gasteiger partial charge in [0, 0.05) is 32.9 Å². The van der Waals surface area contributed by atoms with Crippen molar-refractivity contribution in [2.75, 3.05) is 45.1 Å². The topological polar surface area (TPSA) is 48.5 Å². The van der Waals surface area contributed by atoms with Gasteiger partial charge in [0.25, 0.3) is 0 Å². The Bertz CT molecular complexity index is 513. The van der Waals surface area contributed by atoms with Crippen molar-refractivity contribution in [2.24, 2.45) is 0 Å². The zero-order valence-electron chi connectivity index (χ0n) is 13.4. The fraction of sp³-hybridized carbons (Fsp3) is 0.647. The van der Waals surface area contributed by atoms with Gasteiger partial charge in [-0.15, -0.1) is 0 Å². The molecule has 0 bridgehead atoms. The minimum atomic E-state index is 0.309. The first-order valence-electron chi connectivity index (χ1n) is 8.40. The summed E-state index contributed by atoms with van der Waals surface area (Å²) in [7, 11) is 1.90. The highest BCUT2D eigenvalue weighted by Gasteiger charge is 2.25. The molecule has 1 atom stereocenters. The largest absolute Gasteiger partial charge is 0.373 e. The Morgan fingerprint density at radius 2 is 2.14 bits per heavy atom. The van der Waals surface area contributed by atoms with Crippen molar-refractivity contribution >= 4 is 11.7 Å². The zero-order valence-corrected chi connectivity index (χ0v) is 13.4. The maximum Gasteiger partial charge on any atom is 0.236 e. The number of piperidine rings is 1. The maximum atomic E-state index is 12.3. The van der Waals surface area contributed by atoms with Crippen LogP contribution < -0.4 is 5.32 Å². The van der Waals surface area contributed by atoms with Crippen molar-refractivity contribution in [3.8, 4) is 0 Å². The summed E-state index contributed by atoms with van der Waals surface area (Å²) in [4.78, 5) is 21.0. The Balaban J connectivity index is 1.59. The van der Waals surface area contributed by atoms with Crippen molar-refractivity contribution in [1.29, 1.82) is 0 Å². The van der Waals surface area contributed by atoms with Crippen LogP contribution in [-0.2, 0) is 4.79 Å². The van der Waals surface area contributed by atoms with E-state index in [1.807, 2.05) is 18.1 Å². The molecule has 0 aliphatic carbocycles. The molecule has 5 heteroatoms. The number of rotatable bonds is 4. The number of carbonyl (C=O) groups is 1. The summed E-state index contributed by atoms with van der Waals surface area (Å²) in [5, 5.41) is 3.10. The SMILES string of the molecule is CNc1cc([C@H]2CCCN(CC(=O)N3CCCC3)C2)ccn1. The average molecular weight is 302 g/mol. The maximum absolute atomic E-state index is 12.3. The molecule has 2 fully saturated rings. The molecule has 1 N–H and O–H groups in total. The van der Waals surface area contributed by atoms with Crippen LogP contribution in [0.2, 0.25) is 0 Å². The molecule has 2 saturated heterocycles. The van der Waals surface area contributed by atoms with E-state index >= 15 is 0 Å². The summed E-state index contributed by atoms with van der Waals surface area (Å²) >= 11 is 0. The van der Waals surface area contributed by atoms with E-state index in [2.05, 4.69) is 27.3 Å². The first-order chi connectivity index (χ1) is 10.8. The molecule has 0 spiro atoms. The lowest BCUT2D eigenvalue weighted by Gasteiger charge is -2.33. The molecule has 2 aliphatic heterocycles. The number of anilines is 1. The highest BCUT2D eigenvalue weighted by atomic mass is 16.2. The summed E-state index contributed by atoms with van der Waals surface area (Å²) in [5.41, 5.74) is 1.33. The molecule has 0 saturated carbocycles. The van der Waals surface area contributed by atoms with Gasteiger partial charge in [-0.2, -0.15) is 0 Å². The van der Waals surface area contributed by atoms with Crippen molar-refractivity contribution in [3.05, 3.63) is 23.9 Å². The molecule has 3 heterocycles. The normalized spacial score (nSPS) is 22.8. The summed E-state index contributed by atoms with van der Waals surface area (Å²) in [6.07, 6.45) is 6.56. The van der Waals surface area contributed by atoms with Gasteiger partial charge in [0.2, 0.25) is 5.91 Å². The molecule has 22 heavy (non-hydrogen) atoms. The van der Waals surface area contributed by atoms with Crippen LogP contribution in [0.5, 0.6) is 0 Å². The zero-order chi connectivity index (χ0) is 15.4. The molecule has 1 aromatic heterocycles. The summed E-state index contributed by atoms with van der Waals surface area (Å²) in [5.74, 6) is 1.74. The highest BCUT2D eigenvalue weighted by molar-refractivity contribution is 5.78. The van der Waals surface area contributed by atoms with E-state index in [-0.39, 0.29) is 0 Å². The van der Waals surface area contributed by atoms with Gasteiger partial charge in [-0.05, 0) is 55.8 Å². The molecular formula is C17H26N4O. The van der Waals surface area contributed by atoms with Crippen LogP contribution in [0.4, 0.5) is 5.82 Å². The minimum Gasteiger partial charge on any atom is -0.373 e. The standard InChI is InChI=1S/C17H26N4O/c1-18-16-11-14(6-7-19-16)15-5-4-8-20(12-15)13-17(22)21-9-2-3-10-21/h6-7,11,15H,2-5,8-10,12-13H2,1H3,(H,18,19)/t15-/m0/s1. The molecule has 2 aliphatic rings. The van der Waals surface area contributed by atoms with E-state index in [0.29, 0.717) is 18.4 Å². The predicted molar refractivity (Wildman–Crippen MR) is 88.0 cm³/mol. The minimum absolute atomic E-state index is 0.309. The lowest BCUT2D eigenvalue weighted by atomic mass is 9.91. The van der Waals surface area contributed by atoms with E-state index in [1.54, 1.807) is 0 Å². The van der Waals surface area contributed by atoms with Crippen LogP contribution in [0.1, 0.15) is 37.2 Å². The molecule has 120 valence electrons. The van der Waals surface area contributed by atoms with Crippen molar-refractivity contribution < 1.29 is 4.79 Å². The van der Waals surface area contributed by atoms with Crippen molar-refractivity contribution in [1.82, 2.24) is 14.8 Å². The lowest BCUT2D eigenvalue weighted by molar-refractivity contribution is -0.131. The smallest absolute Gasteiger partial charge is 0.236 e. The Kier molecular flexibility index (Phi) is 4.93. The molecule has 0 unspecified atom stereocenters. The number of carbonyl (C=O) groups excluding carboxylic acids is 1. The lowest BCUT2D eigenvalue weighted by Crippen LogP contribution is -2.43. The van der Waals surface area contributed by atoms with Gasteiger partial charge in [0.15, 0.2) is 0 Å². The van der Waals surface area contributed by atoms with Crippen molar-refractivity contribution in [2.45, 2.75) is 31.6 Å². The van der Waals surface area contributed by atoms with Crippen LogP contribution in [0, 0.1) is 0 Å². The number of likely N-dealkylation sites (tertiary alicyclic amines) is 2. The Hall–Kier alpha value is -1.62. The van der Waals surface area contributed by atoms with Gasteiger partial charge < -0.3 is 10.2 Å². The molecule has 0 aromatic carbocycles. The number of nitrogens with zero attached hydrogens (tertiary/aromatic N) is 3. The summed E-state index contributed by atoms with van der Waals surface area (Å²) in [6, 6.07) is 4.24. The molecule has 5 nitrogen and oxygen atoms in total. The Labute approximate surface area is 132 Å². The second-order valence-electron chi connectivity index (χ2n) is 6.39. The number of aromatic nitrogens is 1. The van der Waals surface area contributed by atoms with Gasteiger partial charge in [0.1, 0.15) is 5.82 Å². The fourth-order valence-corrected chi connectivity index (χ4v) is 3.57. The van der Waals surface area contributed by atoms with E-state index < -0.39 is 0 Å². The van der Waals surface area contributed by atoms with Gasteiger partial charge in [-0.3, -0.25) is 9.69 Å². The number of hydrogen-bond acceptors (Lipinski definition) is 4. The second kappa shape index (κ2) is 7.09. The van der Waals surface area contributed by atoms with Gasteiger partial charge >= 0.3 is 0 Å². The number of pyridine rings is 1. The van der Waals surface area contributed by atoms with Crippen LogP contribution in [-0.4, -0.2) is 60.5 Å². The van der Waals surface area contributed by atoms with Crippen LogP contribution in [0.15, 0.2) is 18.3 Å². The van der Waals surface area contributed by atoms with Gasteiger partial charge in [0.05, 0.1) is 6.54 Å². The molecular weight excluding hydrogens is 276 g/mol. The molecule has 1 aromatic rings. The van der Waals surface area contributed by atoms with E-state index in [1.165, 1.54) is 12.0 Å². The van der Waals surface area contributed by atoms with Crippen LogP contribution >= 0.6 is 0 Å². The number of hydrogen-bond donors (Lipinski definition) is 1. The van der Waals surface area contributed by atoms with Crippen LogP contribution in [0.25, 0.3) is 0 Å². The monoisotopic (exact) mass is 302 g/mol. The fourth-order valence-electron chi connectivity index (χ4n) is 3.57. The third-order valence-corrected chi connectivity index (χ3v) is 4.83. The first kappa shape index (κ1) is 15.3. The van der Waals surface area contributed by atoms with Gasteiger partial charge in [-0.25, -0.2) is 4.98 Å². The average Bonchev–Trinajstić information content (AvgIpc) is 3.10. The third-order valence-electron chi connectivity index (χ3n) is 4.83. The first-order valence-corrected chi connectivity index (χ1v) is 8.40.